The molecule has 5 aromatic heterocycles. The molecule has 8 nitrogen and oxygen atoms in total. The topological polar surface area (TPSA) is 83.5 Å². The fraction of sp³-hybridized carbons (Fsp3) is 0.0198. The molecule has 13 aromatic carbocycles. The second kappa shape index (κ2) is 37.6. The minimum absolute atomic E-state index is 0. The molecule has 0 aliphatic carbocycles. The zero-order chi connectivity index (χ0) is 74.3. The van der Waals surface area contributed by atoms with Crippen molar-refractivity contribution in [1.29, 1.82) is 0 Å². The fourth-order valence-electron chi connectivity index (χ4n) is 14.5. The minimum Gasteiger partial charge on any atom is -0.466 e. The second-order valence-corrected chi connectivity index (χ2v) is 30.0. The van der Waals surface area contributed by atoms with Gasteiger partial charge >= 0.3 is 0 Å². The first-order valence-corrected chi connectivity index (χ1v) is 38.6. The Bertz CT molecular complexity index is 5840. The molecule has 0 amide bonds. The van der Waals surface area contributed by atoms with E-state index in [1.54, 1.807) is 12.4 Å². The predicted octanol–water partition coefficient (Wildman–Crippen LogP) is 21.4. The maximum Gasteiger partial charge on any atom is 0.217 e. The number of aromatic nitrogens is 7. The van der Waals surface area contributed by atoms with Gasteiger partial charge in [0.15, 0.2) is 8.07 Å². The Balaban J connectivity index is 0.000000131. The van der Waals surface area contributed by atoms with Gasteiger partial charge in [0.1, 0.15) is 0 Å². The van der Waals surface area contributed by atoms with Gasteiger partial charge in [0.25, 0.3) is 0 Å². The van der Waals surface area contributed by atoms with E-state index in [1.165, 1.54) is 81.9 Å². The third-order valence-corrected chi connectivity index (χ3v) is 24.6. The number of hydrogen-bond donors (Lipinski definition) is 0. The van der Waals surface area contributed by atoms with Crippen molar-refractivity contribution in [2.75, 3.05) is 0 Å². The van der Waals surface area contributed by atoms with Crippen molar-refractivity contribution >= 4 is 28.8 Å². The first-order chi connectivity index (χ1) is 54.4. The first kappa shape index (κ1) is 78.8. The smallest absolute Gasteiger partial charge is 0.217 e. The number of hydrogen-bond acceptors (Lipinski definition) is 6. The summed E-state index contributed by atoms with van der Waals surface area (Å²) in [6, 6.07) is 143. The number of aryl methyl sites for hydroxylation is 1. The number of rotatable bonds is 11. The Morgan fingerprint density at radius 1 is 0.319 bits per heavy atom. The van der Waals surface area contributed by atoms with E-state index in [-0.39, 0.29) is 60.3 Å². The van der Waals surface area contributed by atoms with E-state index in [4.69, 9.17) is 9.84 Å². The van der Waals surface area contributed by atoms with Crippen LogP contribution in [0.5, 0.6) is 11.6 Å². The van der Waals surface area contributed by atoms with Gasteiger partial charge < -0.3 is 14.7 Å². The van der Waals surface area contributed by atoms with Crippen LogP contribution >= 0.6 is 0 Å². The number of pyridine rings is 3. The second-order valence-electron chi connectivity index (χ2n) is 26.4. The van der Waals surface area contributed by atoms with Gasteiger partial charge in [-0.3, -0.25) is 9.36 Å². The first-order valence-electron chi connectivity index (χ1n) is 36.6. The number of para-hydroxylation sites is 3. The zero-order valence-electron chi connectivity index (χ0n) is 61.6. The number of nitrogens with zero attached hydrogens (tertiary/aromatic N) is 7. The average molecular weight is 2000 g/mol. The van der Waals surface area contributed by atoms with E-state index in [9.17, 15) is 0 Å². The van der Waals surface area contributed by atoms with Crippen LogP contribution in [0.1, 0.15) is 11.4 Å². The van der Waals surface area contributed by atoms with Crippen LogP contribution in [0.3, 0.4) is 0 Å². The molecule has 0 saturated heterocycles. The summed E-state index contributed by atoms with van der Waals surface area (Å²) in [5.41, 5.74) is 25.4. The van der Waals surface area contributed by atoms with Gasteiger partial charge in [0.2, 0.25) is 5.88 Å². The number of benzene rings is 13. The van der Waals surface area contributed by atoms with E-state index in [0.29, 0.717) is 11.6 Å². The summed E-state index contributed by atoms with van der Waals surface area (Å²) in [4.78, 5) is 12.9. The summed E-state index contributed by atoms with van der Waals surface area (Å²) >= 11 is 0. The molecule has 2 aliphatic rings. The molecule has 0 unspecified atom stereocenters. The monoisotopic (exact) mass is 2010 g/mol. The van der Waals surface area contributed by atoms with Crippen LogP contribution in [-0.4, -0.2) is 42.6 Å². The van der Waals surface area contributed by atoms with Crippen molar-refractivity contribution in [2.24, 2.45) is 0 Å². The van der Waals surface area contributed by atoms with Crippen LogP contribution in [0.25, 0.3) is 112 Å². The van der Waals surface area contributed by atoms with Crippen LogP contribution in [0.2, 0.25) is 0 Å². The Hall–Kier alpha value is -12.3. The molecule has 0 fully saturated rings. The molecule has 113 heavy (non-hydrogen) atoms. The normalized spacial score (nSPS) is 11.1. The summed E-state index contributed by atoms with van der Waals surface area (Å²) in [6.45, 7) is 4.17. The Kier molecular flexibility index (Phi) is 26.2. The van der Waals surface area contributed by atoms with Crippen LogP contribution < -0.4 is 25.5 Å². The molecule has 2 aliphatic heterocycles. The third kappa shape index (κ3) is 17.6. The summed E-state index contributed by atoms with van der Waals surface area (Å²) in [5, 5.41) is 15.1. The Labute approximate surface area is 702 Å². The molecule has 7 heterocycles. The molecular formula is C101H72Ir3N7OSi-5. The molecule has 0 N–H and O–H groups in total. The van der Waals surface area contributed by atoms with Gasteiger partial charge in [0, 0.05) is 114 Å². The van der Waals surface area contributed by atoms with Gasteiger partial charge in [0.05, 0.1) is 11.9 Å². The Morgan fingerprint density at radius 3 is 1.23 bits per heavy atom. The van der Waals surface area contributed by atoms with Crippen LogP contribution in [0.4, 0.5) is 0 Å². The van der Waals surface area contributed by atoms with Crippen molar-refractivity contribution in [3.05, 3.63) is 443 Å². The van der Waals surface area contributed by atoms with E-state index >= 15 is 0 Å². The van der Waals surface area contributed by atoms with Crippen molar-refractivity contribution in [3.63, 3.8) is 0 Å². The van der Waals surface area contributed by atoms with Crippen molar-refractivity contribution < 1.29 is 65.1 Å². The molecule has 12 heteroatoms. The van der Waals surface area contributed by atoms with Crippen LogP contribution in [0.15, 0.2) is 401 Å². The molecule has 0 bridgehead atoms. The summed E-state index contributed by atoms with van der Waals surface area (Å²) in [5.74, 6) is 1.23. The molecule has 0 atom stereocenters. The maximum absolute atomic E-state index is 6.01. The summed E-state index contributed by atoms with van der Waals surface area (Å²) in [7, 11) is -2.44. The quantitative estimate of drug-likeness (QED) is 0.0948. The SMILES string of the molecule is Cc1nn(-c2[c-]cccc2)c(C)c1-c1ccc(-c2ccccc2)cc1.[Ir].[Ir].[Ir].[c-]1ccccc1-c1ccccn1.[c-]1ccccc1-c1ccccn1.[c-]1ccccc1-n1cc(-c2ccc(-c3ccccc3)cc2)cn1.[c-]1ccccc1Oc1cc(-c2ccc3c(c2)[Si]2(c4ccccc4-c4ccccc42)c2ccccc2-3)ccn1. The van der Waals surface area contributed by atoms with Crippen molar-refractivity contribution in [1.82, 2.24) is 34.5 Å². The third-order valence-electron chi connectivity index (χ3n) is 19.6. The van der Waals surface area contributed by atoms with E-state index in [2.05, 4.69) is 258 Å². The average Bonchev–Trinajstić information content (AvgIpc) is 1.51. The summed E-state index contributed by atoms with van der Waals surface area (Å²) < 4.78 is 9.83. The minimum atomic E-state index is -2.44. The predicted molar refractivity (Wildman–Crippen MR) is 450 cm³/mol. The fourth-order valence-corrected chi connectivity index (χ4v) is 20.1. The molecule has 1 spiro atoms. The molecule has 20 rings (SSSR count). The van der Waals surface area contributed by atoms with E-state index < -0.39 is 8.07 Å². The van der Waals surface area contributed by atoms with Crippen LogP contribution in [-0.2, 0) is 60.3 Å². The zero-order valence-corrected chi connectivity index (χ0v) is 69.8. The van der Waals surface area contributed by atoms with E-state index in [0.717, 1.165) is 62.0 Å². The van der Waals surface area contributed by atoms with Gasteiger partial charge in [-0.1, -0.05) is 224 Å². The molecule has 18 aromatic rings. The number of fused-ring (bicyclic) bond motifs is 10. The molecular weight excluding hydrogens is 1930 g/mol. The van der Waals surface area contributed by atoms with Gasteiger partial charge in [-0.2, -0.15) is 76.9 Å². The van der Waals surface area contributed by atoms with Gasteiger partial charge in [-0.05, 0) is 142 Å². The molecule has 553 valence electrons. The van der Waals surface area contributed by atoms with Crippen molar-refractivity contribution in [3.8, 4) is 123 Å². The Morgan fingerprint density at radius 2 is 0.743 bits per heavy atom. The largest absolute Gasteiger partial charge is 0.466 e. The van der Waals surface area contributed by atoms with Gasteiger partial charge in [-0.15, -0.1) is 96.1 Å². The van der Waals surface area contributed by atoms with Crippen LogP contribution in [0, 0.1) is 44.2 Å². The number of ether oxygens (including phenoxy) is 1. The van der Waals surface area contributed by atoms with E-state index in [1.807, 2.05) is 204 Å². The summed E-state index contributed by atoms with van der Waals surface area (Å²) in [6.07, 6.45) is 9.32. The van der Waals surface area contributed by atoms with Gasteiger partial charge in [-0.25, -0.2) is 4.98 Å². The maximum atomic E-state index is 6.01. The van der Waals surface area contributed by atoms with Crippen molar-refractivity contribution in [2.45, 2.75) is 13.8 Å². The molecule has 0 saturated carbocycles. The standard InChI is InChI=1S/C35H22NOSi.C23H19N2.C21H15N2.2C11H8N.3Ir/c1-2-10-26(11-3-1)37-35-23-25(20-21-36-35)24-18-19-30-29-14-6-9-17-33(29)38(34(30)22-24)31-15-7-4-12-27(31)28-13-5-8-16-32(28)38;1-17-23(18(2)25(24-17)22-11-7-4-8-12-22)21-15-13-20(14-16-21)19-9-5-3-6-10-19;1-3-7-17(8-4-1)18-11-13-19(14-12-18)20-15-22-23(16-20)21-9-5-2-6-10-21;2*1-2-6-10(7-3-1)11-8-4-5-9-12-11;;;/h1-10,12-23H;3-11,13-16H,1-2H3;1-9,11-16H;2*1-6,8-9H;;;/q5*-1;;;. The molecule has 3 radical (unpaired) electrons.